The second-order valence-corrected chi connectivity index (χ2v) is 1.44. The van der Waals surface area contributed by atoms with Gasteiger partial charge < -0.3 is 10.2 Å². The van der Waals surface area contributed by atoms with E-state index in [-0.39, 0.29) is 12.8 Å². The Morgan fingerprint density at radius 3 is 2.22 bits per heavy atom. The molecule has 0 aliphatic rings. The van der Waals surface area contributed by atoms with Crippen LogP contribution in [0, 0.1) is 0 Å². The number of carboxylic acids is 1. The van der Waals surface area contributed by atoms with Crippen LogP contribution in [0.1, 0.15) is 12.8 Å². The van der Waals surface area contributed by atoms with Crippen molar-refractivity contribution in [3.63, 3.8) is 0 Å². The molecule has 4 heteroatoms. The van der Waals surface area contributed by atoms with Gasteiger partial charge in [-0.05, 0) is 0 Å². The minimum Gasteiger partial charge on any atom is -0.502 e. The maximum atomic E-state index is 9.77. The topological polar surface area (TPSA) is 74.6 Å². The third kappa shape index (κ3) is 4.58. The van der Waals surface area contributed by atoms with E-state index in [4.69, 9.17) is 10.2 Å². The molecule has 50 valence electrons. The summed E-state index contributed by atoms with van der Waals surface area (Å²) in [5, 5.41) is 16.3. The van der Waals surface area contributed by atoms with Crippen LogP contribution in [0.4, 0.5) is 0 Å². The predicted octanol–water partition coefficient (Wildman–Crippen LogP) is 0.125. The Bertz CT molecular complexity index is 154. The first-order valence-electron chi connectivity index (χ1n) is 2.31. The van der Waals surface area contributed by atoms with Crippen molar-refractivity contribution in [2.24, 2.45) is 0 Å². The number of aliphatic hydroxyl groups excluding tert-OH is 1. The molecule has 0 aliphatic heterocycles. The first kappa shape index (κ1) is 7.72. The largest absolute Gasteiger partial charge is 0.502 e. The van der Waals surface area contributed by atoms with Crippen LogP contribution in [-0.2, 0) is 9.59 Å². The lowest BCUT2D eigenvalue weighted by atomic mass is 10.3. The summed E-state index contributed by atoms with van der Waals surface area (Å²) < 4.78 is 0. The molecular weight excluding hydrogens is 124 g/mol. The van der Waals surface area contributed by atoms with Crippen molar-refractivity contribution in [1.29, 1.82) is 0 Å². The molecule has 0 heterocycles. The van der Waals surface area contributed by atoms with Crippen molar-refractivity contribution in [2.45, 2.75) is 12.8 Å². The Labute approximate surface area is 51.4 Å². The summed E-state index contributed by atoms with van der Waals surface area (Å²) in [5.74, 6) is -0.410. The Morgan fingerprint density at radius 2 is 1.89 bits per heavy atom. The van der Waals surface area contributed by atoms with Gasteiger partial charge in [-0.3, -0.25) is 4.79 Å². The van der Waals surface area contributed by atoms with E-state index in [0.29, 0.717) is 0 Å². The van der Waals surface area contributed by atoms with Gasteiger partial charge in [0.2, 0.25) is 0 Å². The first-order chi connectivity index (χ1) is 4.16. The van der Waals surface area contributed by atoms with E-state index in [1.165, 1.54) is 5.94 Å². The molecule has 0 aromatic rings. The third-order valence-corrected chi connectivity index (χ3v) is 0.693. The lowest BCUT2D eigenvalue weighted by molar-refractivity contribution is -0.137. The lowest BCUT2D eigenvalue weighted by Crippen LogP contribution is -1.95. The van der Waals surface area contributed by atoms with Crippen LogP contribution < -0.4 is 0 Å². The summed E-state index contributed by atoms with van der Waals surface area (Å²) in [5.41, 5.74) is 0. The van der Waals surface area contributed by atoms with Gasteiger partial charge >= 0.3 is 5.97 Å². The molecule has 0 aromatic carbocycles. The molecule has 0 amide bonds. The van der Waals surface area contributed by atoms with Crippen LogP contribution >= 0.6 is 0 Å². The summed E-state index contributed by atoms with van der Waals surface area (Å²) in [6.07, 6.45) is -0.375. The van der Waals surface area contributed by atoms with Crippen LogP contribution in [-0.4, -0.2) is 22.1 Å². The van der Waals surface area contributed by atoms with E-state index in [9.17, 15) is 9.59 Å². The maximum Gasteiger partial charge on any atom is 0.303 e. The first-order valence-corrected chi connectivity index (χ1v) is 2.31. The molecule has 9 heavy (non-hydrogen) atoms. The fraction of sp³-hybridized carbons (Fsp3) is 0.400. The van der Waals surface area contributed by atoms with Gasteiger partial charge in [-0.15, -0.1) is 0 Å². The highest BCUT2D eigenvalue weighted by molar-refractivity contribution is 5.67. The van der Waals surface area contributed by atoms with Crippen molar-refractivity contribution in [1.82, 2.24) is 0 Å². The fourth-order valence-corrected chi connectivity index (χ4v) is 0.276. The van der Waals surface area contributed by atoms with Crippen LogP contribution in [0.5, 0.6) is 0 Å². The molecule has 0 saturated carbocycles. The second-order valence-electron chi connectivity index (χ2n) is 1.44. The number of carbonyl (C=O) groups excluding carboxylic acids is 1. The Kier molecular flexibility index (Phi) is 3.16. The smallest absolute Gasteiger partial charge is 0.303 e. The SMILES string of the molecule is O=C=C(O)CCC(=O)O. The van der Waals surface area contributed by atoms with Gasteiger partial charge in [-0.2, -0.15) is 0 Å². The summed E-state index contributed by atoms with van der Waals surface area (Å²) in [6, 6.07) is 0. The quantitative estimate of drug-likeness (QED) is 0.420. The van der Waals surface area contributed by atoms with Crippen LogP contribution in [0.25, 0.3) is 0 Å². The minimum atomic E-state index is -1.04. The highest BCUT2D eigenvalue weighted by Gasteiger charge is 1.98. The number of allylic oxidation sites excluding steroid dienone is 1. The zero-order valence-electron chi connectivity index (χ0n) is 4.63. The van der Waals surface area contributed by atoms with Crippen molar-refractivity contribution < 1.29 is 19.8 Å². The highest BCUT2D eigenvalue weighted by atomic mass is 16.4. The molecule has 0 spiro atoms. The maximum absolute atomic E-state index is 9.77. The number of aliphatic carboxylic acids is 1. The number of hydrogen-bond donors (Lipinski definition) is 2. The number of hydrogen-bond acceptors (Lipinski definition) is 3. The molecule has 0 rings (SSSR count). The second kappa shape index (κ2) is 3.69. The molecule has 0 atom stereocenters. The standard InChI is InChI=1S/C5H6O4/c6-3-4(7)1-2-5(8)9/h7H,1-2H2,(H,8,9). The Hall–Kier alpha value is -1.28. The monoisotopic (exact) mass is 130 g/mol. The number of carboxylic acid groups (broad SMARTS) is 1. The highest BCUT2D eigenvalue weighted by Crippen LogP contribution is 1.94. The zero-order chi connectivity index (χ0) is 7.28. The number of aliphatic hydroxyl groups is 1. The fourth-order valence-electron chi connectivity index (χ4n) is 0.276. The van der Waals surface area contributed by atoms with Crippen molar-refractivity contribution in [3.8, 4) is 0 Å². The van der Waals surface area contributed by atoms with Crippen LogP contribution in [0.2, 0.25) is 0 Å². The molecular formula is C5H6O4. The molecule has 0 saturated heterocycles. The van der Waals surface area contributed by atoms with E-state index < -0.39 is 11.7 Å². The van der Waals surface area contributed by atoms with Gasteiger partial charge in [0.25, 0.3) is 0 Å². The summed E-state index contributed by atoms with van der Waals surface area (Å²) in [6.45, 7) is 0. The molecule has 0 fully saturated rings. The van der Waals surface area contributed by atoms with Gasteiger partial charge in [-0.25, -0.2) is 4.79 Å². The molecule has 2 N–H and O–H groups in total. The van der Waals surface area contributed by atoms with Crippen LogP contribution in [0.15, 0.2) is 5.76 Å². The van der Waals surface area contributed by atoms with E-state index in [1.54, 1.807) is 0 Å². The number of carbonyl (C=O) groups is 1. The average molecular weight is 130 g/mol. The lowest BCUT2D eigenvalue weighted by Gasteiger charge is -1.88. The molecule has 0 unspecified atom stereocenters. The summed E-state index contributed by atoms with van der Waals surface area (Å²) in [7, 11) is 0. The van der Waals surface area contributed by atoms with Crippen molar-refractivity contribution >= 4 is 11.9 Å². The normalized spacial score (nSPS) is 8.00. The summed E-state index contributed by atoms with van der Waals surface area (Å²) >= 11 is 0. The van der Waals surface area contributed by atoms with Crippen molar-refractivity contribution in [2.75, 3.05) is 0 Å². The van der Waals surface area contributed by atoms with Crippen molar-refractivity contribution in [3.05, 3.63) is 5.76 Å². The van der Waals surface area contributed by atoms with E-state index in [0.717, 1.165) is 0 Å². The summed E-state index contributed by atoms with van der Waals surface area (Å²) in [4.78, 5) is 19.3. The Balaban J connectivity index is 3.52. The molecule has 0 radical (unpaired) electrons. The van der Waals surface area contributed by atoms with E-state index >= 15 is 0 Å². The zero-order valence-corrected chi connectivity index (χ0v) is 4.63. The van der Waals surface area contributed by atoms with Crippen LogP contribution in [0.3, 0.4) is 0 Å². The average Bonchev–Trinajstić information content (AvgIpc) is 1.83. The molecule has 0 bridgehead atoms. The van der Waals surface area contributed by atoms with Gasteiger partial charge in [-0.1, -0.05) is 0 Å². The van der Waals surface area contributed by atoms with Gasteiger partial charge in [0.05, 0.1) is 6.42 Å². The third-order valence-electron chi connectivity index (χ3n) is 0.693. The minimum absolute atomic E-state index is 0.140. The Morgan fingerprint density at radius 1 is 1.33 bits per heavy atom. The molecule has 4 nitrogen and oxygen atoms in total. The van der Waals surface area contributed by atoms with Gasteiger partial charge in [0, 0.05) is 6.42 Å². The van der Waals surface area contributed by atoms with Gasteiger partial charge in [0.15, 0.2) is 11.7 Å². The molecule has 0 aliphatic carbocycles. The molecule has 0 aromatic heterocycles. The van der Waals surface area contributed by atoms with E-state index in [2.05, 4.69) is 0 Å². The number of rotatable bonds is 3. The van der Waals surface area contributed by atoms with Gasteiger partial charge in [0.1, 0.15) is 0 Å². The predicted molar refractivity (Wildman–Crippen MR) is 28.7 cm³/mol. The van der Waals surface area contributed by atoms with E-state index in [1.807, 2.05) is 0 Å².